The van der Waals surface area contributed by atoms with Gasteiger partial charge in [0.05, 0.1) is 22.2 Å². The van der Waals surface area contributed by atoms with E-state index in [9.17, 15) is 19.5 Å². The highest BCUT2D eigenvalue weighted by Gasteiger charge is 2.52. The lowest BCUT2D eigenvalue weighted by Gasteiger charge is -2.35. The molecule has 1 aromatic carbocycles. The van der Waals surface area contributed by atoms with E-state index in [1.807, 2.05) is 71.3 Å². The molecule has 2 aromatic rings. The lowest BCUT2D eigenvalue weighted by Crippen LogP contribution is -2.58. The minimum Gasteiger partial charge on any atom is -0.391 e. The van der Waals surface area contributed by atoms with Crippen LogP contribution in [0.2, 0.25) is 0 Å². The van der Waals surface area contributed by atoms with Crippen molar-refractivity contribution in [2.24, 2.45) is 16.7 Å². The molecular formula is C28H38N4O4S. The van der Waals surface area contributed by atoms with Crippen LogP contribution in [0.5, 0.6) is 0 Å². The van der Waals surface area contributed by atoms with Gasteiger partial charge in [0.15, 0.2) is 0 Å². The Kier molecular flexibility index (Phi) is 7.50. The van der Waals surface area contributed by atoms with Gasteiger partial charge in [0, 0.05) is 25.4 Å². The monoisotopic (exact) mass is 526 g/mol. The molecule has 0 radical (unpaired) electrons. The highest BCUT2D eigenvalue weighted by atomic mass is 32.1. The Balaban J connectivity index is 1.41. The van der Waals surface area contributed by atoms with Gasteiger partial charge in [-0.05, 0) is 35.3 Å². The molecule has 8 nitrogen and oxygen atoms in total. The molecule has 3 N–H and O–H groups in total. The molecule has 1 saturated carbocycles. The summed E-state index contributed by atoms with van der Waals surface area (Å²) in [5, 5.41) is 16.2. The summed E-state index contributed by atoms with van der Waals surface area (Å²) in [6.45, 7) is 12.1. The van der Waals surface area contributed by atoms with Gasteiger partial charge < -0.3 is 20.6 Å². The molecule has 200 valence electrons. The Bertz CT molecular complexity index is 1170. The van der Waals surface area contributed by atoms with Crippen molar-refractivity contribution in [3.05, 3.63) is 41.0 Å². The van der Waals surface area contributed by atoms with E-state index in [0.717, 1.165) is 28.1 Å². The van der Waals surface area contributed by atoms with Crippen LogP contribution in [0.15, 0.2) is 29.8 Å². The quantitative estimate of drug-likeness (QED) is 0.513. The molecular weight excluding hydrogens is 488 g/mol. The first-order chi connectivity index (χ1) is 17.3. The number of carbonyl (C=O) groups is 3. The fourth-order valence-electron chi connectivity index (χ4n) is 4.94. The molecule has 1 saturated heterocycles. The smallest absolute Gasteiger partial charge is 0.246 e. The van der Waals surface area contributed by atoms with Crippen molar-refractivity contribution in [3.63, 3.8) is 0 Å². The fraction of sp³-hybridized carbons (Fsp3) is 0.571. The van der Waals surface area contributed by atoms with Gasteiger partial charge in [-0.1, -0.05) is 58.9 Å². The van der Waals surface area contributed by atoms with Crippen molar-refractivity contribution >= 4 is 29.1 Å². The van der Waals surface area contributed by atoms with Crippen LogP contribution in [-0.2, 0) is 20.9 Å². The number of aliphatic hydroxyl groups excluding tert-OH is 1. The van der Waals surface area contributed by atoms with E-state index in [1.165, 1.54) is 4.90 Å². The van der Waals surface area contributed by atoms with Gasteiger partial charge in [-0.3, -0.25) is 14.4 Å². The second-order valence-corrected chi connectivity index (χ2v) is 13.0. The van der Waals surface area contributed by atoms with Crippen molar-refractivity contribution in [2.45, 2.75) is 79.1 Å². The molecule has 2 heterocycles. The highest BCUT2D eigenvalue weighted by Crippen LogP contribution is 2.51. The summed E-state index contributed by atoms with van der Waals surface area (Å²) in [5.74, 6) is -0.884. The Hall–Kier alpha value is -2.78. The third-order valence-corrected chi connectivity index (χ3v) is 8.50. The van der Waals surface area contributed by atoms with Gasteiger partial charge in [0.1, 0.15) is 12.1 Å². The summed E-state index contributed by atoms with van der Waals surface area (Å²) < 4.78 is 0. The maximum absolute atomic E-state index is 13.7. The average Bonchev–Trinajstić information content (AvgIpc) is 3.12. The van der Waals surface area contributed by atoms with E-state index in [0.29, 0.717) is 6.54 Å². The predicted molar refractivity (Wildman–Crippen MR) is 144 cm³/mol. The van der Waals surface area contributed by atoms with Crippen LogP contribution in [0.3, 0.4) is 0 Å². The standard InChI is InChI=1S/C28H38N4O4S/c1-16-22(37-15-30-16)18-9-7-17(8-10-18)13-29-25(35)21-11-19(33)14-32(21)26(36)23(27(2,3)4)31-24(34)20-12-28(20,5)6/h7-10,15,19-21,23,33H,11-14H2,1-6H3,(H,29,35)(H,31,34)/t19-,20-,21+,23-/m1/s1. The number of likely N-dealkylation sites (tertiary alicyclic amines) is 1. The Morgan fingerprint density at radius 1 is 1.19 bits per heavy atom. The van der Waals surface area contributed by atoms with Gasteiger partial charge in [-0.2, -0.15) is 0 Å². The van der Waals surface area contributed by atoms with E-state index >= 15 is 0 Å². The van der Waals surface area contributed by atoms with Crippen LogP contribution in [0.4, 0.5) is 0 Å². The number of β-amino-alcohol motifs (C(OH)–C–C–N with tert-alkyl or cyclic N) is 1. The molecule has 1 aliphatic heterocycles. The molecule has 2 aliphatic rings. The van der Waals surface area contributed by atoms with Crippen LogP contribution in [0.1, 0.15) is 58.7 Å². The number of benzene rings is 1. The van der Waals surface area contributed by atoms with Crippen molar-refractivity contribution in [1.29, 1.82) is 0 Å². The van der Waals surface area contributed by atoms with Crippen LogP contribution >= 0.6 is 11.3 Å². The summed E-state index contributed by atoms with van der Waals surface area (Å²) >= 11 is 1.59. The van der Waals surface area contributed by atoms with Crippen molar-refractivity contribution in [3.8, 4) is 10.4 Å². The Morgan fingerprint density at radius 2 is 1.84 bits per heavy atom. The van der Waals surface area contributed by atoms with Gasteiger partial charge in [0.25, 0.3) is 0 Å². The number of aryl methyl sites for hydroxylation is 1. The molecule has 4 rings (SSSR count). The zero-order valence-corrected chi connectivity index (χ0v) is 23.3. The van der Waals surface area contributed by atoms with Crippen LogP contribution in [-0.4, -0.2) is 57.4 Å². The Morgan fingerprint density at radius 3 is 2.38 bits per heavy atom. The first-order valence-corrected chi connectivity index (χ1v) is 13.7. The average molecular weight is 527 g/mol. The fourth-order valence-corrected chi connectivity index (χ4v) is 5.75. The lowest BCUT2D eigenvalue weighted by molar-refractivity contribution is -0.144. The van der Waals surface area contributed by atoms with E-state index < -0.39 is 23.6 Å². The van der Waals surface area contributed by atoms with Gasteiger partial charge in [-0.25, -0.2) is 4.98 Å². The molecule has 0 spiro atoms. The molecule has 1 aromatic heterocycles. The van der Waals surface area contributed by atoms with E-state index in [2.05, 4.69) is 15.6 Å². The maximum atomic E-state index is 13.7. The largest absolute Gasteiger partial charge is 0.391 e. The molecule has 0 unspecified atom stereocenters. The number of hydrogen-bond acceptors (Lipinski definition) is 6. The van der Waals surface area contributed by atoms with E-state index in [1.54, 1.807) is 11.3 Å². The zero-order chi connectivity index (χ0) is 27.1. The topological polar surface area (TPSA) is 112 Å². The van der Waals surface area contributed by atoms with Crippen LogP contribution in [0.25, 0.3) is 10.4 Å². The van der Waals surface area contributed by atoms with E-state index in [-0.39, 0.29) is 42.0 Å². The third kappa shape index (κ3) is 6.04. The number of rotatable bonds is 7. The second-order valence-electron chi connectivity index (χ2n) is 12.1. The first-order valence-electron chi connectivity index (χ1n) is 12.8. The number of thiazole rings is 1. The Labute approximate surface area is 222 Å². The first kappa shape index (κ1) is 27.3. The minimum atomic E-state index is -0.792. The van der Waals surface area contributed by atoms with Crippen molar-refractivity contribution < 1.29 is 19.5 Å². The number of amides is 3. The molecule has 3 amide bonds. The molecule has 1 aliphatic carbocycles. The zero-order valence-electron chi connectivity index (χ0n) is 22.5. The molecule has 2 fully saturated rings. The SMILES string of the molecule is Cc1ncsc1-c1ccc(CNC(=O)[C@@H]2C[C@@H](O)CN2C(=O)[C@@H](NC(=O)[C@H]2CC2(C)C)C(C)(C)C)cc1. The number of aromatic nitrogens is 1. The third-order valence-electron chi connectivity index (χ3n) is 7.52. The summed E-state index contributed by atoms with van der Waals surface area (Å²) in [6.07, 6.45) is 0.171. The number of nitrogens with zero attached hydrogens (tertiary/aromatic N) is 2. The molecule has 0 bridgehead atoms. The number of aliphatic hydroxyl groups is 1. The van der Waals surface area contributed by atoms with Gasteiger partial charge in [0.2, 0.25) is 17.7 Å². The summed E-state index contributed by atoms with van der Waals surface area (Å²) in [4.78, 5) is 46.5. The number of carbonyl (C=O) groups excluding carboxylic acids is 3. The minimum absolute atomic E-state index is 0.0560. The normalized spacial score (nSPS) is 23.4. The van der Waals surface area contributed by atoms with Crippen LogP contribution < -0.4 is 10.6 Å². The summed E-state index contributed by atoms with van der Waals surface area (Å²) in [6, 6.07) is 6.36. The molecule has 37 heavy (non-hydrogen) atoms. The number of hydrogen-bond donors (Lipinski definition) is 3. The van der Waals surface area contributed by atoms with Crippen molar-refractivity contribution in [2.75, 3.05) is 6.54 Å². The second kappa shape index (κ2) is 10.2. The van der Waals surface area contributed by atoms with Gasteiger partial charge >= 0.3 is 0 Å². The molecule has 4 atom stereocenters. The summed E-state index contributed by atoms with van der Waals surface area (Å²) in [5.41, 5.74) is 4.21. The lowest BCUT2D eigenvalue weighted by atomic mass is 9.85. The highest BCUT2D eigenvalue weighted by molar-refractivity contribution is 7.13. The van der Waals surface area contributed by atoms with Crippen molar-refractivity contribution in [1.82, 2.24) is 20.5 Å². The van der Waals surface area contributed by atoms with Gasteiger partial charge in [-0.15, -0.1) is 11.3 Å². The molecule has 9 heteroatoms. The van der Waals surface area contributed by atoms with Crippen LogP contribution in [0, 0.1) is 23.7 Å². The van der Waals surface area contributed by atoms with E-state index in [4.69, 9.17) is 0 Å². The number of nitrogens with one attached hydrogen (secondary N) is 2. The summed E-state index contributed by atoms with van der Waals surface area (Å²) in [7, 11) is 0. The predicted octanol–water partition coefficient (Wildman–Crippen LogP) is 3.27. The maximum Gasteiger partial charge on any atom is 0.246 e.